The van der Waals surface area contributed by atoms with Crippen LogP contribution in [-0.4, -0.2) is 21.1 Å². The van der Waals surface area contributed by atoms with E-state index in [1.54, 1.807) is 12.4 Å². The summed E-state index contributed by atoms with van der Waals surface area (Å²) in [6, 6.07) is 0.608. The van der Waals surface area contributed by atoms with Crippen molar-refractivity contribution in [2.45, 2.75) is 25.4 Å². The molecule has 1 heterocycles. The van der Waals surface area contributed by atoms with Crippen LogP contribution in [0.15, 0.2) is 12.4 Å². The molecule has 1 aromatic heterocycles. The Bertz CT molecular complexity index is 278. The fraction of sp³-hybridized carbons (Fsp3) is 0.500. The van der Waals surface area contributed by atoms with Gasteiger partial charge in [0.15, 0.2) is 5.11 Å². The maximum atomic E-state index is 5.08. The molecule has 0 spiro atoms. The van der Waals surface area contributed by atoms with E-state index >= 15 is 0 Å². The Morgan fingerprint density at radius 3 is 3.15 bits per heavy atom. The average Bonchev–Trinajstić information content (AvgIpc) is 2.78. The Balaban J connectivity index is 1.69. The van der Waals surface area contributed by atoms with Crippen LogP contribution in [0.2, 0.25) is 0 Å². The number of nitrogens with one attached hydrogen (secondary N) is 3. The zero-order valence-corrected chi connectivity index (χ0v) is 8.03. The summed E-state index contributed by atoms with van der Waals surface area (Å²) in [5.41, 5.74) is 0. The first-order valence-electron chi connectivity index (χ1n) is 4.37. The second kappa shape index (κ2) is 3.74. The first kappa shape index (κ1) is 8.50. The highest BCUT2D eigenvalue weighted by Gasteiger charge is 2.21. The van der Waals surface area contributed by atoms with Crippen molar-refractivity contribution in [1.82, 2.24) is 20.6 Å². The molecule has 0 aromatic carbocycles. The van der Waals surface area contributed by atoms with Gasteiger partial charge in [0, 0.05) is 18.4 Å². The molecule has 1 aliphatic carbocycles. The van der Waals surface area contributed by atoms with Gasteiger partial charge < -0.3 is 15.6 Å². The Morgan fingerprint density at radius 1 is 1.69 bits per heavy atom. The van der Waals surface area contributed by atoms with Crippen molar-refractivity contribution in [2.75, 3.05) is 0 Å². The lowest BCUT2D eigenvalue weighted by Gasteiger charge is -2.07. The van der Waals surface area contributed by atoms with E-state index < -0.39 is 0 Å². The fourth-order valence-corrected chi connectivity index (χ4v) is 1.26. The summed E-state index contributed by atoms with van der Waals surface area (Å²) >= 11 is 5.08. The number of nitrogens with zero attached hydrogens (tertiary/aromatic N) is 1. The summed E-state index contributed by atoms with van der Waals surface area (Å²) in [7, 11) is 0. The number of hydrogen-bond donors (Lipinski definition) is 3. The number of aromatic amines is 1. The quantitative estimate of drug-likeness (QED) is 0.617. The predicted octanol–water partition coefficient (Wildman–Crippen LogP) is 0.536. The third-order valence-corrected chi connectivity index (χ3v) is 2.15. The van der Waals surface area contributed by atoms with Crippen LogP contribution in [0.5, 0.6) is 0 Å². The molecule has 0 aliphatic heterocycles. The second-order valence-electron chi connectivity index (χ2n) is 3.14. The Labute approximate surface area is 82.1 Å². The van der Waals surface area contributed by atoms with Gasteiger partial charge in [0.05, 0.1) is 6.54 Å². The molecular formula is C8H12N4S. The van der Waals surface area contributed by atoms with Crippen LogP contribution in [0.25, 0.3) is 0 Å². The molecule has 1 aromatic rings. The molecule has 5 heteroatoms. The van der Waals surface area contributed by atoms with Gasteiger partial charge in [-0.15, -0.1) is 0 Å². The fourth-order valence-electron chi connectivity index (χ4n) is 1.02. The molecule has 0 unspecified atom stereocenters. The molecule has 13 heavy (non-hydrogen) atoms. The average molecular weight is 196 g/mol. The summed E-state index contributed by atoms with van der Waals surface area (Å²) in [4.78, 5) is 7.08. The third kappa shape index (κ3) is 2.69. The van der Waals surface area contributed by atoms with Crippen LogP contribution < -0.4 is 10.6 Å². The lowest BCUT2D eigenvalue weighted by Crippen LogP contribution is -2.36. The number of thiocarbonyl (C=S) groups is 1. The number of aromatic nitrogens is 2. The van der Waals surface area contributed by atoms with Gasteiger partial charge in [-0.3, -0.25) is 0 Å². The monoisotopic (exact) mass is 196 g/mol. The molecule has 3 N–H and O–H groups in total. The van der Waals surface area contributed by atoms with Gasteiger partial charge in [0.1, 0.15) is 5.82 Å². The van der Waals surface area contributed by atoms with Crippen LogP contribution >= 0.6 is 12.2 Å². The highest BCUT2D eigenvalue weighted by molar-refractivity contribution is 7.80. The Kier molecular flexibility index (Phi) is 2.44. The molecule has 4 nitrogen and oxygen atoms in total. The molecular weight excluding hydrogens is 184 g/mol. The molecule has 1 aliphatic rings. The standard InChI is InChI=1S/C8H12N4S/c13-8(12-6-1-2-6)11-5-7-9-3-4-10-7/h3-4,6H,1-2,5H2,(H,9,10)(H2,11,12,13). The summed E-state index contributed by atoms with van der Waals surface area (Å²) in [5, 5.41) is 7.00. The molecule has 0 bridgehead atoms. The molecule has 2 rings (SSSR count). The normalized spacial score (nSPS) is 15.4. The van der Waals surface area contributed by atoms with Crippen molar-refractivity contribution in [3.05, 3.63) is 18.2 Å². The van der Waals surface area contributed by atoms with E-state index in [0.29, 0.717) is 12.6 Å². The topological polar surface area (TPSA) is 52.7 Å². The first-order valence-corrected chi connectivity index (χ1v) is 4.78. The minimum atomic E-state index is 0.608. The Hall–Kier alpha value is -1.10. The zero-order valence-electron chi connectivity index (χ0n) is 7.21. The van der Waals surface area contributed by atoms with Gasteiger partial charge in [0.2, 0.25) is 0 Å². The van der Waals surface area contributed by atoms with Crippen molar-refractivity contribution in [1.29, 1.82) is 0 Å². The van der Waals surface area contributed by atoms with Crippen molar-refractivity contribution in [2.24, 2.45) is 0 Å². The number of hydrogen-bond acceptors (Lipinski definition) is 2. The molecule has 0 amide bonds. The summed E-state index contributed by atoms with van der Waals surface area (Å²) in [6.07, 6.45) is 6.01. The van der Waals surface area contributed by atoms with E-state index in [0.717, 1.165) is 10.9 Å². The van der Waals surface area contributed by atoms with Crippen LogP contribution in [-0.2, 0) is 6.54 Å². The van der Waals surface area contributed by atoms with Crippen molar-refractivity contribution in [3.8, 4) is 0 Å². The van der Waals surface area contributed by atoms with Gasteiger partial charge in [-0.2, -0.15) is 0 Å². The van der Waals surface area contributed by atoms with Gasteiger partial charge in [-0.25, -0.2) is 4.98 Å². The molecule has 0 atom stereocenters. The SMILES string of the molecule is S=C(NCc1ncc[nH]1)NC1CC1. The highest BCUT2D eigenvalue weighted by atomic mass is 32.1. The van der Waals surface area contributed by atoms with Gasteiger partial charge >= 0.3 is 0 Å². The minimum Gasteiger partial charge on any atom is -0.360 e. The van der Waals surface area contributed by atoms with Crippen LogP contribution in [0.4, 0.5) is 0 Å². The molecule has 1 saturated carbocycles. The van der Waals surface area contributed by atoms with E-state index in [-0.39, 0.29) is 0 Å². The lowest BCUT2D eigenvalue weighted by atomic mass is 10.6. The molecule has 70 valence electrons. The minimum absolute atomic E-state index is 0.608. The van der Waals surface area contributed by atoms with Crippen LogP contribution in [0, 0.1) is 0 Å². The van der Waals surface area contributed by atoms with Crippen molar-refractivity contribution >= 4 is 17.3 Å². The smallest absolute Gasteiger partial charge is 0.166 e. The van der Waals surface area contributed by atoms with Crippen LogP contribution in [0.3, 0.4) is 0 Å². The predicted molar refractivity (Wildman–Crippen MR) is 54.2 cm³/mol. The van der Waals surface area contributed by atoms with E-state index in [4.69, 9.17) is 12.2 Å². The summed E-state index contributed by atoms with van der Waals surface area (Å²) in [5.74, 6) is 0.903. The Morgan fingerprint density at radius 2 is 2.54 bits per heavy atom. The van der Waals surface area contributed by atoms with Crippen molar-refractivity contribution < 1.29 is 0 Å². The first-order chi connectivity index (χ1) is 6.34. The maximum Gasteiger partial charge on any atom is 0.166 e. The lowest BCUT2D eigenvalue weighted by molar-refractivity contribution is 0.798. The maximum absolute atomic E-state index is 5.08. The largest absolute Gasteiger partial charge is 0.360 e. The van der Waals surface area contributed by atoms with Gasteiger partial charge in [0.25, 0.3) is 0 Å². The van der Waals surface area contributed by atoms with Gasteiger partial charge in [-0.1, -0.05) is 0 Å². The molecule has 1 fully saturated rings. The number of H-pyrrole nitrogens is 1. The highest BCUT2D eigenvalue weighted by Crippen LogP contribution is 2.18. The molecule has 0 saturated heterocycles. The van der Waals surface area contributed by atoms with Gasteiger partial charge in [-0.05, 0) is 25.1 Å². The molecule has 0 radical (unpaired) electrons. The van der Waals surface area contributed by atoms with E-state index in [1.165, 1.54) is 12.8 Å². The number of imidazole rings is 1. The summed E-state index contributed by atoms with van der Waals surface area (Å²) < 4.78 is 0. The van der Waals surface area contributed by atoms with Crippen LogP contribution in [0.1, 0.15) is 18.7 Å². The number of rotatable bonds is 3. The van der Waals surface area contributed by atoms with Crippen molar-refractivity contribution in [3.63, 3.8) is 0 Å². The second-order valence-corrected chi connectivity index (χ2v) is 3.55. The van der Waals surface area contributed by atoms with E-state index in [1.807, 2.05) is 0 Å². The zero-order chi connectivity index (χ0) is 9.10. The van der Waals surface area contributed by atoms with E-state index in [2.05, 4.69) is 20.6 Å². The third-order valence-electron chi connectivity index (χ3n) is 1.88. The summed E-state index contributed by atoms with van der Waals surface area (Å²) in [6.45, 7) is 0.658. The van der Waals surface area contributed by atoms with E-state index in [9.17, 15) is 0 Å².